The molecule has 18 heavy (non-hydrogen) atoms. The monoisotopic (exact) mass is 269 g/mol. The van der Waals surface area contributed by atoms with E-state index in [0.717, 1.165) is 24.2 Å². The third-order valence-corrected chi connectivity index (χ3v) is 4.04. The minimum absolute atomic E-state index is 0.186. The molecule has 100 valence electrons. The van der Waals surface area contributed by atoms with E-state index in [-0.39, 0.29) is 5.97 Å². The lowest BCUT2D eigenvalue weighted by Gasteiger charge is -2.03. The lowest BCUT2D eigenvalue weighted by atomic mass is 10.2. The molecule has 1 aromatic carbocycles. The van der Waals surface area contributed by atoms with E-state index >= 15 is 0 Å². The lowest BCUT2D eigenvalue weighted by molar-refractivity contribution is -0.140. The second kappa shape index (κ2) is 7.87. The minimum atomic E-state index is -0.979. The standard InChI is InChI=1S/C13H19NO3S/c1-17-13(15)5-3-2-4-10-18(16)12-8-6-11(14)7-9-12/h6-9H,2-5,10,14H2,1H3. The molecule has 0 aliphatic carbocycles. The molecular weight excluding hydrogens is 250 g/mol. The van der Waals surface area contributed by atoms with Crippen LogP contribution in [-0.4, -0.2) is 23.0 Å². The largest absolute Gasteiger partial charge is 0.469 e. The topological polar surface area (TPSA) is 69.4 Å². The number of nitrogen functional groups attached to an aromatic ring is 1. The molecule has 1 rings (SSSR count). The van der Waals surface area contributed by atoms with Gasteiger partial charge in [0.1, 0.15) is 0 Å². The zero-order valence-electron chi connectivity index (χ0n) is 10.6. The van der Waals surface area contributed by atoms with Crippen LogP contribution in [0.5, 0.6) is 0 Å². The number of carbonyl (C=O) groups excluding carboxylic acids is 1. The molecule has 5 heteroatoms. The summed E-state index contributed by atoms with van der Waals surface area (Å²) in [5.41, 5.74) is 6.24. The molecule has 0 aliphatic rings. The van der Waals surface area contributed by atoms with Crippen LogP contribution in [0, 0.1) is 0 Å². The molecule has 0 fully saturated rings. The number of esters is 1. The van der Waals surface area contributed by atoms with Crippen LogP contribution in [-0.2, 0) is 20.3 Å². The maximum Gasteiger partial charge on any atom is 0.305 e. The number of rotatable bonds is 7. The number of carbonyl (C=O) groups is 1. The molecule has 0 saturated carbocycles. The summed E-state index contributed by atoms with van der Waals surface area (Å²) in [6.45, 7) is 0. The number of anilines is 1. The Morgan fingerprint density at radius 2 is 1.89 bits per heavy atom. The number of hydrogen-bond acceptors (Lipinski definition) is 4. The van der Waals surface area contributed by atoms with Crippen LogP contribution in [0.2, 0.25) is 0 Å². The van der Waals surface area contributed by atoms with Gasteiger partial charge in [0.25, 0.3) is 0 Å². The second-order valence-electron chi connectivity index (χ2n) is 4.01. The molecule has 0 heterocycles. The first-order valence-corrected chi connectivity index (χ1v) is 7.26. The molecule has 1 atom stereocenters. The van der Waals surface area contributed by atoms with Gasteiger partial charge in [-0.1, -0.05) is 6.42 Å². The van der Waals surface area contributed by atoms with E-state index < -0.39 is 10.8 Å². The predicted molar refractivity (Wildman–Crippen MR) is 72.6 cm³/mol. The highest BCUT2D eigenvalue weighted by Crippen LogP contribution is 2.12. The van der Waals surface area contributed by atoms with Crippen LogP contribution < -0.4 is 5.73 Å². The summed E-state index contributed by atoms with van der Waals surface area (Å²) in [5, 5.41) is 0. The zero-order valence-corrected chi connectivity index (χ0v) is 11.4. The van der Waals surface area contributed by atoms with Gasteiger partial charge in [-0.3, -0.25) is 9.00 Å². The Bertz CT molecular complexity index is 403. The summed E-state index contributed by atoms with van der Waals surface area (Å²) < 4.78 is 16.4. The molecular formula is C13H19NO3S. The smallest absolute Gasteiger partial charge is 0.305 e. The van der Waals surface area contributed by atoms with Gasteiger partial charge in [0.15, 0.2) is 0 Å². The summed E-state index contributed by atoms with van der Waals surface area (Å²) in [6, 6.07) is 7.09. The van der Waals surface area contributed by atoms with Crippen molar-refractivity contribution in [2.75, 3.05) is 18.6 Å². The summed E-state index contributed by atoms with van der Waals surface area (Å²) in [7, 11) is 0.408. The summed E-state index contributed by atoms with van der Waals surface area (Å²) in [5.74, 6) is 0.431. The van der Waals surface area contributed by atoms with Crippen LogP contribution in [0.3, 0.4) is 0 Å². The van der Waals surface area contributed by atoms with E-state index in [1.54, 1.807) is 24.3 Å². The molecule has 0 aliphatic heterocycles. The van der Waals surface area contributed by atoms with Crippen molar-refractivity contribution >= 4 is 22.5 Å². The molecule has 0 radical (unpaired) electrons. The van der Waals surface area contributed by atoms with E-state index in [2.05, 4.69) is 4.74 Å². The second-order valence-corrected chi connectivity index (χ2v) is 5.58. The quantitative estimate of drug-likeness (QED) is 0.467. The average Bonchev–Trinajstić information content (AvgIpc) is 2.38. The van der Waals surface area contributed by atoms with Crippen LogP contribution in [0.1, 0.15) is 25.7 Å². The van der Waals surface area contributed by atoms with Gasteiger partial charge < -0.3 is 10.5 Å². The van der Waals surface area contributed by atoms with Crippen molar-refractivity contribution in [1.82, 2.24) is 0 Å². The number of nitrogens with two attached hydrogens (primary N) is 1. The zero-order chi connectivity index (χ0) is 13.4. The highest BCUT2D eigenvalue weighted by atomic mass is 32.2. The van der Waals surface area contributed by atoms with Gasteiger partial charge in [0, 0.05) is 22.8 Å². The highest BCUT2D eigenvalue weighted by Gasteiger charge is 2.04. The Kier molecular flexibility index (Phi) is 6.43. The van der Waals surface area contributed by atoms with Gasteiger partial charge in [-0.15, -0.1) is 0 Å². The van der Waals surface area contributed by atoms with Gasteiger partial charge in [-0.25, -0.2) is 0 Å². The molecule has 0 aromatic heterocycles. The minimum Gasteiger partial charge on any atom is -0.469 e. The van der Waals surface area contributed by atoms with Crippen LogP contribution >= 0.6 is 0 Å². The maximum absolute atomic E-state index is 11.9. The van der Waals surface area contributed by atoms with Crippen molar-refractivity contribution < 1.29 is 13.7 Å². The van der Waals surface area contributed by atoms with E-state index in [9.17, 15) is 9.00 Å². The molecule has 1 unspecified atom stereocenters. The summed E-state index contributed by atoms with van der Waals surface area (Å²) in [4.78, 5) is 11.7. The Balaban J connectivity index is 2.21. The molecule has 0 amide bonds. The van der Waals surface area contributed by atoms with Gasteiger partial charge in [0.05, 0.1) is 17.9 Å². The van der Waals surface area contributed by atoms with E-state index in [1.807, 2.05) is 0 Å². The van der Waals surface area contributed by atoms with E-state index in [0.29, 0.717) is 17.9 Å². The fraction of sp³-hybridized carbons (Fsp3) is 0.462. The predicted octanol–water partition coefficient (Wildman–Crippen LogP) is 2.11. The molecule has 4 nitrogen and oxygen atoms in total. The van der Waals surface area contributed by atoms with Crippen molar-refractivity contribution in [1.29, 1.82) is 0 Å². The van der Waals surface area contributed by atoms with Gasteiger partial charge in [-0.05, 0) is 37.1 Å². The fourth-order valence-electron chi connectivity index (χ4n) is 1.52. The van der Waals surface area contributed by atoms with E-state index in [1.165, 1.54) is 7.11 Å². The number of ether oxygens (including phenoxy) is 1. The number of unbranched alkanes of at least 4 members (excludes halogenated alkanes) is 2. The molecule has 2 N–H and O–H groups in total. The fourth-order valence-corrected chi connectivity index (χ4v) is 2.66. The highest BCUT2D eigenvalue weighted by molar-refractivity contribution is 7.85. The number of hydrogen-bond donors (Lipinski definition) is 1. The van der Waals surface area contributed by atoms with Crippen molar-refractivity contribution in [3.63, 3.8) is 0 Å². The third-order valence-electron chi connectivity index (χ3n) is 2.58. The van der Waals surface area contributed by atoms with Gasteiger partial charge >= 0.3 is 5.97 Å². The molecule has 0 saturated heterocycles. The van der Waals surface area contributed by atoms with Gasteiger partial charge in [0.2, 0.25) is 0 Å². The van der Waals surface area contributed by atoms with Crippen molar-refractivity contribution in [2.24, 2.45) is 0 Å². The van der Waals surface area contributed by atoms with Crippen LogP contribution in [0.15, 0.2) is 29.2 Å². The Labute approximate surface area is 110 Å². The molecule has 0 spiro atoms. The van der Waals surface area contributed by atoms with E-state index in [4.69, 9.17) is 5.73 Å². The maximum atomic E-state index is 11.9. The Morgan fingerprint density at radius 1 is 1.22 bits per heavy atom. The average molecular weight is 269 g/mol. The third kappa shape index (κ3) is 5.31. The first-order chi connectivity index (χ1) is 8.63. The first-order valence-electron chi connectivity index (χ1n) is 5.94. The molecule has 0 bridgehead atoms. The van der Waals surface area contributed by atoms with Gasteiger partial charge in [-0.2, -0.15) is 0 Å². The normalized spacial score (nSPS) is 12.1. The molecule has 1 aromatic rings. The van der Waals surface area contributed by atoms with Crippen molar-refractivity contribution in [3.05, 3.63) is 24.3 Å². The first kappa shape index (κ1) is 14.7. The van der Waals surface area contributed by atoms with Crippen molar-refractivity contribution in [3.8, 4) is 0 Å². The number of methoxy groups -OCH3 is 1. The Morgan fingerprint density at radius 3 is 2.50 bits per heavy atom. The Hall–Kier alpha value is -1.36. The lowest BCUT2D eigenvalue weighted by Crippen LogP contribution is -2.01. The van der Waals surface area contributed by atoms with Crippen molar-refractivity contribution in [2.45, 2.75) is 30.6 Å². The van der Waals surface area contributed by atoms with Crippen LogP contribution in [0.25, 0.3) is 0 Å². The summed E-state index contributed by atoms with van der Waals surface area (Å²) in [6.07, 6.45) is 2.94. The van der Waals surface area contributed by atoms with Crippen LogP contribution in [0.4, 0.5) is 5.69 Å². The SMILES string of the molecule is COC(=O)CCCCCS(=O)c1ccc(N)cc1. The summed E-state index contributed by atoms with van der Waals surface area (Å²) >= 11 is 0. The number of benzene rings is 1.